The maximum atomic E-state index is 12.7. The van der Waals surface area contributed by atoms with Crippen molar-refractivity contribution in [2.75, 3.05) is 13.7 Å². The van der Waals surface area contributed by atoms with Crippen molar-refractivity contribution in [2.24, 2.45) is 7.05 Å². The number of sulfonamides is 1. The summed E-state index contributed by atoms with van der Waals surface area (Å²) in [5, 5.41) is 0. The lowest BCUT2D eigenvalue weighted by atomic mass is 9.96. The van der Waals surface area contributed by atoms with Crippen LogP contribution in [0.4, 0.5) is 0 Å². The zero-order chi connectivity index (χ0) is 16.3. The van der Waals surface area contributed by atoms with Gasteiger partial charge in [0.2, 0.25) is 10.0 Å². The first kappa shape index (κ1) is 17.0. The van der Waals surface area contributed by atoms with E-state index in [1.165, 1.54) is 27.6 Å². The number of aromatic nitrogens is 1. The van der Waals surface area contributed by atoms with Crippen LogP contribution in [-0.4, -0.2) is 43.0 Å². The molecular formula is C15H24N2O4S. The second-order valence-corrected chi connectivity index (χ2v) is 7.70. The van der Waals surface area contributed by atoms with Gasteiger partial charge in [-0.25, -0.2) is 13.2 Å². The van der Waals surface area contributed by atoms with Gasteiger partial charge in [0.05, 0.1) is 6.61 Å². The summed E-state index contributed by atoms with van der Waals surface area (Å²) in [5.74, 6) is -0.508. The SMILES string of the molecule is CCOC(=O)c1cc(S(=O)(=O)N(C)C2CCCCC2)cn1C. The van der Waals surface area contributed by atoms with Gasteiger partial charge in [-0.1, -0.05) is 19.3 Å². The Hall–Kier alpha value is -1.34. The first-order valence-electron chi connectivity index (χ1n) is 7.69. The molecule has 0 unspecified atom stereocenters. The van der Waals surface area contributed by atoms with Gasteiger partial charge in [0, 0.05) is 26.3 Å². The average Bonchev–Trinajstić information content (AvgIpc) is 2.90. The highest BCUT2D eigenvalue weighted by Crippen LogP contribution is 2.27. The number of ether oxygens (including phenoxy) is 1. The summed E-state index contributed by atoms with van der Waals surface area (Å²) in [6, 6.07) is 1.44. The molecule has 0 amide bonds. The lowest BCUT2D eigenvalue weighted by Gasteiger charge is -2.30. The Morgan fingerprint density at radius 2 is 2.00 bits per heavy atom. The van der Waals surface area contributed by atoms with Gasteiger partial charge in [0.15, 0.2) is 0 Å². The van der Waals surface area contributed by atoms with Crippen molar-refractivity contribution in [3.63, 3.8) is 0 Å². The molecule has 0 bridgehead atoms. The summed E-state index contributed by atoms with van der Waals surface area (Å²) in [6.45, 7) is 1.98. The second kappa shape index (κ2) is 6.83. The Morgan fingerprint density at radius 1 is 1.36 bits per heavy atom. The zero-order valence-electron chi connectivity index (χ0n) is 13.4. The van der Waals surface area contributed by atoms with E-state index in [0.717, 1.165) is 25.7 Å². The number of aryl methyl sites for hydroxylation is 1. The van der Waals surface area contributed by atoms with E-state index in [0.29, 0.717) is 0 Å². The van der Waals surface area contributed by atoms with Gasteiger partial charge in [-0.2, -0.15) is 4.31 Å². The van der Waals surface area contributed by atoms with Crippen LogP contribution in [0.2, 0.25) is 0 Å². The fourth-order valence-electron chi connectivity index (χ4n) is 2.89. The summed E-state index contributed by atoms with van der Waals surface area (Å²) in [7, 11) is -0.312. The Kier molecular flexibility index (Phi) is 5.28. The van der Waals surface area contributed by atoms with Gasteiger partial charge >= 0.3 is 5.97 Å². The predicted octanol–water partition coefficient (Wildman–Crippen LogP) is 2.16. The van der Waals surface area contributed by atoms with E-state index >= 15 is 0 Å². The van der Waals surface area contributed by atoms with E-state index in [-0.39, 0.29) is 23.2 Å². The molecule has 1 aromatic heterocycles. The molecule has 0 radical (unpaired) electrons. The number of hydrogen-bond donors (Lipinski definition) is 0. The van der Waals surface area contributed by atoms with Crippen LogP contribution >= 0.6 is 0 Å². The first-order valence-corrected chi connectivity index (χ1v) is 9.13. The van der Waals surface area contributed by atoms with Gasteiger partial charge in [-0.05, 0) is 25.8 Å². The van der Waals surface area contributed by atoms with E-state index in [2.05, 4.69) is 0 Å². The molecule has 0 N–H and O–H groups in total. The highest BCUT2D eigenvalue weighted by molar-refractivity contribution is 7.89. The van der Waals surface area contributed by atoms with Crippen LogP contribution < -0.4 is 0 Å². The van der Waals surface area contributed by atoms with E-state index < -0.39 is 16.0 Å². The van der Waals surface area contributed by atoms with Crippen LogP contribution in [0.1, 0.15) is 49.5 Å². The number of carbonyl (C=O) groups excluding carboxylic acids is 1. The van der Waals surface area contributed by atoms with Crippen LogP contribution in [0.3, 0.4) is 0 Å². The maximum Gasteiger partial charge on any atom is 0.354 e. The number of carbonyl (C=O) groups is 1. The normalized spacial score (nSPS) is 16.9. The van der Waals surface area contributed by atoms with E-state index in [1.807, 2.05) is 0 Å². The molecule has 6 nitrogen and oxygen atoms in total. The third-order valence-electron chi connectivity index (χ3n) is 4.23. The molecule has 1 aliphatic rings. The van der Waals surface area contributed by atoms with Gasteiger partial charge in [0.25, 0.3) is 0 Å². The zero-order valence-corrected chi connectivity index (χ0v) is 14.2. The molecule has 7 heteroatoms. The van der Waals surface area contributed by atoms with Crippen LogP contribution in [0.25, 0.3) is 0 Å². The molecule has 0 aliphatic heterocycles. The Bertz CT molecular complexity index is 630. The van der Waals surface area contributed by atoms with E-state index in [1.54, 1.807) is 21.0 Å². The standard InChI is InChI=1S/C15H24N2O4S/c1-4-21-15(18)14-10-13(11-16(14)2)22(19,20)17(3)12-8-6-5-7-9-12/h10-12H,4-9H2,1-3H3. The third-order valence-corrected chi connectivity index (χ3v) is 6.11. The topological polar surface area (TPSA) is 68.6 Å². The fourth-order valence-corrected chi connectivity index (χ4v) is 4.38. The molecule has 1 aliphatic carbocycles. The molecule has 1 fully saturated rings. The summed E-state index contributed by atoms with van der Waals surface area (Å²) in [6.07, 6.45) is 6.56. The Balaban J connectivity index is 2.25. The first-order chi connectivity index (χ1) is 10.4. The smallest absolute Gasteiger partial charge is 0.354 e. The third kappa shape index (κ3) is 3.35. The number of rotatable bonds is 5. The maximum absolute atomic E-state index is 12.7. The largest absolute Gasteiger partial charge is 0.461 e. The minimum absolute atomic E-state index is 0.0463. The molecule has 1 heterocycles. The van der Waals surface area contributed by atoms with E-state index in [9.17, 15) is 13.2 Å². The number of hydrogen-bond acceptors (Lipinski definition) is 4. The summed E-state index contributed by atoms with van der Waals surface area (Å²) in [4.78, 5) is 12.0. The van der Waals surface area contributed by atoms with Crippen molar-refractivity contribution < 1.29 is 17.9 Å². The molecule has 1 saturated carbocycles. The lowest BCUT2D eigenvalue weighted by Crippen LogP contribution is -2.38. The quantitative estimate of drug-likeness (QED) is 0.777. The highest BCUT2D eigenvalue weighted by Gasteiger charge is 2.31. The minimum atomic E-state index is -3.58. The molecule has 1 aromatic rings. The average molecular weight is 328 g/mol. The van der Waals surface area contributed by atoms with Crippen molar-refractivity contribution in [3.05, 3.63) is 18.0 Å². The Morgan fingerprint density at radius 3 is 2.59 bits per heavy atom. The van der Waals surface area contributed by atoms with Crippen molar-refractivity contribution in [3.8, 4) is 0 Å². The van der Waals surface area contributed by atoms with Crippen molar-refractivity contribution in [1.29, 1.82) is 0 Å². The van der Waals surface area contributed by atoms with E-state index in [4.69, 9.17) is 4.74 Å². The van der Waals surface area contributed by atoms with Gasteiger partial charge < -0.3 is 9.30 Å². The van der Waals surface area contributed by atoms with Gasteiger partial charge in [-0.3, -0.25) is 0 Å². The van der Waals surface area contributed by atoms with Crippen LogP contribution in [-0.2, 0) is 21.8 Å². The Labute approximate surface area is 132 Å². The molecule has 0 aromatic carbocycles. The molecule has 0 atom stereocenters. The second-order valence-electron chi connectivity index (χ2n) is 5.71. The molecule has 22 heavy (non-hydrogen) atoms. The predicted molar refractivity (Wildman–Crippen MR) is 83.2 cm³/mol. The number of nitrogens with zero attached hydrogens (tertiary/aromatic N) is 2. The molecular weight excluding hydrogens is 304 g/mol. The van der Waals surface area contributed by atoms with Crippen LogP contribution in [0, 0.1) is 0 Å². The summed E-state index contributed by atoms with van der Waals surface area (Å²) < 4.78 is 33.4. The monoisotopic (exact) mass is 328 g/mol. The lowest BCUT2D eigenvalue weighted by molar-refractivity contribution is 0.0515. The van der Waals surface area contributed by atoms with Crippen molar-refractivity contribution in [2.45, 2.75) is 50.0 Å². The van der Waals surface area contributed by atoms with Gasteiger partial charge in [-0.15, -0.1) is 0 Å². The highest BCUT2D eigenvalue weighted by atomic mass is 32.2. The number of esters is 1. The minimum Gasteiger partial charge on any atom is -0.461 e. The molecule has 124 valence electrons. The van der Waals surface area contributed by atoms with Crippen molar-refractivity contribution >= 4 is 16.0 Å². The summed E-state index contributed by atoms with van der Waals surface area (Å²) >= 11 is 0. The molecule has 0 saturated heterocycles. The van der Waals surface area contributed by atoms with Crippen LogP contribution in [0.5, 0.6) is 0 Å². The summed E-state index contributed by atoms with van der Waals surface area (Å²) in [5.41, 5.74) is 0.248. The van der Waals surface area contributed by atoms with Crippen molar-refractivity contribution in [1.82, 2.24) is 8.87 Å². The molecule has 2 rings (SSSR count). The fraction of sp³-hybridized carbons (Fsp3) is 0.667. The van der Waals surface area contributed by atoms with Crippen LogP contribution in [0.15, 0.2) is 17.2 Å². The molecule has 0 spiro atoms. The van der Waals surface area contributed by atoms with Gasteiger partial charge in [0.1, 0.15) is 10.6 Å².